The lowest BCUT2D eigenvalue weighted by molar-refractivity contribution is 0.560. The van der Waals surface area contributed by atoms with E-state index in [4.69, 9.17) is 19.9 Å². The molecule has 8 nitrogen and oxygen atoms in total. The predicted molar refractivity (Wildman–Crippen MR) is 144 cm³/mol. The van der Waals surface area contributed by atoms with E-state index in [0.29, 0.717) is 35.8 Å². The molecule has 0 amide bonds. The molecule has 1 saturated heterocycles. The number of aromatic amines is 1. The molecule has 0 spiro atoms. The first-order valence-electron chi connectivity index (χ1n) is 12.7. The first kappa shape index (κ1) is 22.0. The van der Waals surface area contributed by atoms with Crippen molar-refractivity contribution in [2.45, 2.75) is 18.9 Å². The number of aromatic nitrogens is 7. The molecular formula is C29H20F2N8. The highest BCUT2D eigenvalue weighted by atomic mass is 19.1. The molecule has 10 heteroatoms. The molecule has 8 rings (SSSR count). The minimum Gasteiger partial charge on any atom is -0.349 e. The van der Waals surface area contributed by atoms with E-state index in [0.717, 1.165) is 51.2 Å². The van der Waals surface area contributed by atoms with Crippen molar-refractivity contribution < 1.29 is 8.78 Å². The van der Waals surface area contributed by atoms with Crippen molar-refractivity contribution in [1.82, 2.24) is 34.5 Å². The monoisotopic (exact) mass is 518 g/mol. The minimum absolute atomic E-state index is 0.295. The van der Waals surface area contributed by atoms with Crippen LogP contribution in [0.5, 0.6) is 0 Å². The highest BCUT2D eigenvalue weighted by molar-refractivity contribution is 5.96. The van der Waals surface area contributed by atoms with Gasteiger partial charge in [-0.05, 0) is 61.4 Å². The van der Waals surface area contributed by atoms with Crippen molar-refractivity contribution in [2.75, 3.05) is 11.4 Å². The second-order valence-electron chi connectivity index (χ2n) is 9.79. The molecule has 1 aliphatic heterocycles. The number of rotatable bonds is 3. The van der Waals surface area contributed by atoms with Crippen LogP contribution in [-0.4, -0.2) is 41.1 Å². The summed E-state index contributed by atoms with van der Waals surface area (Å²) in [6.45, 7) is 0.693. The second-order valence-corrected chi connectivity index (χ2v) is 9.79. The maximum atomic E-state index is 14.6. The number of benzene rings is 3. The Kier molecular flexibility index (Phi) is 4.66. The molecule has 1 N–H and O–H groups in total. The van der Waals surface area contributed by atoms with Gasteiger partial charge in [-0.25, -0.2) is 33.2 Å². The van der Waals surface area contributed by atoms with Gasteiger partial charge in [-0.1, -0.05) is 12.1 Å². The Morgan fingerprint density at radius 3 is 2.49 bits per heavy atom. The normalized spacial score (nSPS) is 15.8. The molecule has 0 aliphatic carbocycles. The van der Waals surface area contributed by atoms with E-state index >= 15 is 0 Å². The van der Waals surface area contributed by atoms with Crippen LogP contribution in [0.2, 0.25) is 0 Å². The topological polar surface area (TPSA) is 87.9 Å². The summed E-state index contributed by atoms with van der Waals surface area (Å²) < 4.78 is 30.3. The maximum absolute atomic E-state index is 14.6. The number of H-pyrrole nitrogens is 1. The summed E-state index contributed by atoms with van der Waals surface area (Å²) in [5.41, 5.74) is 6.50. The van der Waals surface area contributed by atoms with E-state index in [9.17, 15) is 8.78 Å². The summed E-state index contributed by atoms with van der Waals surface area (Å²) in [5, 5.41) is 4.47. The van der Waals surface area contributed by atoms with Crippen LogP contribution in [0.3, 0.4) is 0 Å². The second kappa shape index (κ2) is 8.26. The fourth-order valence-electron chi connectivity index (χ4n) is 5.57. The minimum atomic E-state index is -0.448. The van der Waals surface area contributed by atoms with Crippen molar-refractivity contribution in [2.24, 2.45) is 0 Å². The number of anilines is 1. The van der Waals surface area contributed by atoms with Gasteiger partial charge in [-0.2, -0.15) is 5.10 Å². The fourth-order valence-corrected chi connectivity index (χ4v) is 5.57. The molecule has 1 aliphatic rings. The molecule has 7 aromatic rings. The average molecular weight is 519 g/mol. The third kappa shape index (κ3) is 3.52. The molecule has 0 bridgehead atoms. The van der Waals surface area contributed by atoms with Gasteiger partial charge in [0, 0.05) is 18.3 Å². The highest BCUT2D eigenvalue weighted by Gasteiger charge is 2.30. The Hall–Kier alpha value is -4.99. The maximum Gasteiger partial charge on any atom is 0.168 e. The van der Waals surface area contributed by atoms with Crippen LogP contribution in [-0.2, 0) is 0 Å². The Balaban J connectivity index is 1.22. The summed E-state index contributed by atoms with van der Waals surface area (Å²) in [6, 6.07) is 16.8. The third-order valence-electron chi connectivity index (χ3n) is 7.42. The van der Waals surface area contributed by atoms with Crippen molar-refractivity contribution in [1.29, 1.82) is 0 Å². The lowest BCUT2D eigenvalue weighted by atomic mass is 10.0. The molecule has 5 heterocycles. The van der Waals surface area contributed by atoms with Gasteiger partial charge in [0.15, 0.2) is 5.65 Å². The Morgan fingerprint density at radius 1 is 0.821 bits per heavy atom. The molecule has 1 fully saturated rings. The van der Waals surface area contributed by atoms with Crippen LogP contribution in [0.15, 0.2) is 73.1 Å². The molecule has 0 saturated carbocycles. The first-order chi connectivity index (χ1) is 19.1. The first-order valence-corrected chi connectivity index (χ1v) is 12.7. The quantitative estimate of drug-likeness (QED) is 0.289. The van der Waals surface area contributed by atoms with E-state index in [-0.39, 0.29) is 6.04 Å². The molecule has 1 atom stereocenters. The fraction of sp³-hybridized carbons (Fsp3) is 0.138. The number of hydrogen-bond donors (Lipinski definition) is 1. The molecular weight excluding hydrogens is 498 g/mol. The van der Waals surface area contributed by atoms with Crippen molar-refractivity contribution >= 4 is 44.6 Å². The van der Waals surface area contributed by atoms with Crippen LogP contribution in [0.25, 0.3) is 50.1 Å². The van der Waals surface area contributed by atoms with Crippen molar-refractivity contribution in [3.8, 4) is 11.4 Å². The molecule has 190 valence electrons. The van der Waals surface area contributed by atoms with Gasteiger partial charge in [0.1, 0.15) is 23.3 Å². The molecule has 39 heavy (non-hydrogen) atoms. The van der Waals surface area contributed by atoms with E-state index in [1.807, 2.05) is 53.6 Å². The van der Waals surface area contributed by atoms with Crippen LogP contribution < -0.4 is 4.90 Å². The Labute approximate surface area is 220 Å². The molecule has 4 aromatic heterocycles. The van der Waals surface area contributed by atoms with E-state index in [2.05, 4.69) is 10.1 Å². The van der Waals surface area contributed by atoms with Crippen LogP contribution in [0, 0.1) is 11.6 Å². The van der Waals surface area contributed by atoms with Crippen LogP contribution >= 0.6 is 0 Å². The standard InChI is InChI=1S/C29H20F2N8/c30-16-7-8-19(31)17(12-16)26-6-3-10-38(26)27-9-11-39-29(37-27)18(15-32-39)28-35-24-13-22-23(14-25(24)36-28)34-21-5-2-1-4-20(21)33-22/h1-2,4-5,7-9,11-15,26H,3,6,10H2,(H,35,36)/t26-/m1/s1. The third-order valence-corrected chi connectivity index (χ3v) is 7.42. The van der Waals surface area contributed by atoms with Crippen molar-refractivity contribution in [3.63, 3.8) is 0 Å². The zero-order chi connectivity index (χ0) is 26.1. The number of halogens is 2. The van der Waals surface area contributed by atoms with Gasteiger partial charge in [-0.3, -0.25) is 0 Å². The van der Waals surface area contributed by atoms with Crippen LogP contribution in [0.4, 0.5) is 14.6 Å². The van der Waals surface area contributed by atoms with Gasteiger partial charge in [0.05, 0.1) is 50.9 Å². The summed E-state index contributed by atoms with van der Waals surface area (Å²) in [5.74, 6) is 0.442. The zero-order valence-electron chi connectivity index (χ0n) is 20.5. The number of nitrogens with zero attached hydrogens (tertiary/aromatic N) is 7. The molecule has 3 aromatic carbocycles. The zero-order valence-corrected chi connectivity index (χ0v) is 20.5. The number of hydrogen-bond acceptors (Lipinski definition) is 6. The highest BCUT2D eigenvalue weighted by Crippen LogP contribution is 2.37. The summed E-state index contributed by atoms with van der Waals surface area (Å²) in [4.78, 5) is 24.7. The van der Waals surface area contributed by atoms with Crippen LogP contribution in [0.1, 0.15) is 24.4 Å². The Bertz CT molecular complexity index is 1990. The predicted octanol–water partition coefficient (Wildman–Crippen LogP) is 5.99. The van der Waals surface area contributed by atoms with Gasteiger partial charge < -0.3 is 9.88 Å². The van der Waals surface area contributed by atoms with Gasteiger partial charge in [-0.15, -0.1) is 0 Å². The lowest BCUT2D eigenvalue weighted by Gasteiger charge is -2.26. The van der Waals surface area contributed by atoms with E-state index < -0.39 is 11.6 Å². The smallest absolute Gasteiger partial charge is 0.168 e. The Morgan fingerprint density at radius 2 is 1.64 bits per heavy atom. The average Bonchev–Trinajstić information content (AvgIpc) is 3.69. The molecule has 0 radical (unpaired) electrons. The number of para-hydroxylation sites is 2. The van der Waals surface area contributed by atoms with Gasteiger partial charge in [0.25, 0.3) is 0 Å². The van der Waals surface area contributed by atoms with Crippen molar-refractivity contribution in [3.05, 3.63) is 90.3 Å². The number of nitrogens with one attached hydrogen (secondary N) is 1. The SMILES string of the molecule is Fc1ccc(F)c([C@H]2CCCN2c2ccn3ncc(-c4nc5cc6nc7ccccc7nc6cc5[nH]4)c3n2)c1. The van der Waals surface area contributed by atoms with E-state index in [1.165, 1.54) is 12.1 Å². The lowest BCUT2D eigenvalue weighted by Crippen LogP contribution is -2.24. The summed E-state index contributed by atoms with van der Waals surface area (Å²) >= 11 is 0. The summed E-state index contributed by atoms with van der Waals surface area (Å²) in [7, 11) is 0. The van der Waals surface area contributed by atoms with E-state index in [1.54, 1.807) is 10.7 Å². The molecule has 0 unspecified atom stereocenters. The van der Waals surface area contributed by atoms with Gasteiger partial charge >= 0.3 is 0 Å². The number of imidazole rings is 1. The number of fused-ring (bicyclic) bond motifs is 4. The van der Waals surface area contributed by atoms with Gasteiger partial charge in [0.2, 0.25) is 0 Å². The summed E-state index contributed by atoms with van der Waals surface area (Å²) in [6.07, 6.45) is 5.12. The largest absolute Gasteiger partial charge is 0.349 e.